The maximum absolute atomic E-state index is 12.2. The lowest BCUT2D eigenvalue weighted by atomic mass is 10.1. The Bertz CT molecular complexity index is 655. The molecule has 0 saturated heterocycles. The van der Waals surface area contributed by atoms with E-state index in [2.05, 4.69) is 19.4 Å². The Balaban J connectivity index is 2.16. The summed E-state index contributed by atoms with van der Waals surface area (Å²) >= 11 is 0. The van der Waals surface area contributed by atoms with Crippen molar-refractivity contribution in [2.75, 3.05) is 0 Å². The molecule has 1 heterocycles. The molecule has 0 aliphatic carbocycles. The van der Waals surface area contributed by atoms with E-state index >= 15 is 0 Å². The smallest absolute Gasteiger partial charge is 0.240 e. The maximum Gasteiger partial charge on any atom is 0.240 e. The van der Waals surface area contributed by atoms with E-state index in [1.54, 1.807) is 12.1 Å². The summed E-state index contributed by atoms with van der Waals surface area (Å²) < 4.78 is 31.3. The van der Waals surface area contributed by atoms with E-state index < -0.39 is 10.0 Å². The van der Waals surface area contributed by atoms with Crippen molar-refractivity contribution in [3.05, 3.63) is 42.0 Å². The van der Waals surface area contributed by atoms with Crippen molar-refractivity contribution in [2.45, 2.75) is 30.8 Å². The highest BCUT2D eigenvalue weighted by Gasteiger charge is 2.16. The first-order valence-electron chi connectivity index (χ1n) is 6.13. The Hall–Kier alpha value is -1.77. The first-order chi connectivity index (χ1) is 9.53. The van der Waals surface area contributed by atoms with Gasteiger partial charge in [-0.2, -0.15) is 4.98 Å². The molecule has 20 heavy (non-hydrogen) atoms. The number of nitrogens with one attached hydrogen (secondary N) is 1. The lowest BCUT2D eigenvalue weighted by molar-refractivity contribution is 0.409. The zero-order valence-corrected chi connectivity index (χ0v) is 11.8. The van der Waals surface area contributed by atoms with E-state index in [-0.39, 0.29) is 23.3 Å². The summed E-state index contributed by atoms with van der Waals surface area (Å²) in [6.07, 6.45) is 1.88. The summed E-state index contributed by atoms with van der Waals surface area (Å²) in [5.74, 6) is 0.273. The fourth-order valence-electron chi connectivity index (χ4n) is 1.66. The highest BCUT2D eigenvalue weighted by molar-refractivity contribution is 7.89. The molecule has 0 saturated carbocycles. The van der Waals surface area contributed by atoms with E-state index in [0.717, 1.165) is 18.4 Å². The summed E-state index contributed by atoms with van der Waals surface area (Å²) in [5, 5.41) is 3.54. The molecule has 0 amide bonds. The van der Waals surface area contributed by atoms with E-state index in [0.29, 0.717) is 0 Å². The van der Waals surface area contributed by atoms with E-state index in [4.69, 9.17) is 5.73 Å². The number of benzene rings is 1. The molecule has 0 bridgehead atoms. The van der Waals surface area contributed by atoms with Crippen LogP contribution in [0.3, 0.4) is 0 Å². The Morgan fingerprint density at radius 1 is 1.45 bits per heavy atom. The van der Waals surface area contributed by atoms with E-state index in [9.17, 15) is 8.42 Å². The number of sulfonamides is 1. The number of hydrogen-bond donors (Lipinski definition) is 2. The minimum Gasteiger partial charge on any atom is -0.343 e. The summed E-state index contributed by atoms with van der Waals surface area (Å²) in [4.78, 5) is 3.92. The van der Waals surface area contributed by atoms with Crippen molar-refractivity contribution in [1.29, 1.82) is 0 Å². The monoisotopic (exact) mass is 296 g/mol. The fourth-order valence-corrected chi connectivity index (χ4v) is 2.70. The van der Waals surface area contributed by atoms with Crippen LogP contribution in [0.15, 0.2) is 40.1 Å². The SMILES string of the molecule is CCC(N)c1cccc(S(=O)(=O)NCc2ncon2)c1. The lowest BCUT2D eigenvalue weighted by Gasteiger charge is -2.11. The van der Waals surface area contributed by atoms with Crippen LogP contribution >= 0.6 is 0 Å². The number of aromatic nitrogens is 2. The van der Waals surface area contributed by atoms with Crippen LogP contribution in [0.1, 0.15) is 30.8 Å². The molecule has 1 atom stereocenters. The third-order valence-electron chi connectivity index (χ3n) is 2.86. The van der Waals surface area contributed by atoms with Gasteiger partial charge in [0.25, 0.3) is 0 Å². The van der Waals surface area contributed by atoms with Gasteiger partial charge in [-0.25, -0.2) is 13.1 Å². The first kappa shape index (κ1) is 14.6. The minimum atomic E-state index is -3.63. The highest BCUT2D eigenvalue weighted by atomic mass is 32.2. The summed E-state index contributed by atoms with van der Waals surface area (Å²) in [6.45, 7) is 1.92. The molecule has 0 spiro atoms. The van der Waals surface area contributed by atoms with Gasteiger partial charge in [-0.05, 0) is 24.1 Å². The fraction of sp³-hybridized carbons (Fsp3) is 0.333. The molecular formula is C12H16N4O3S. The van der Waals surface area contributed by atoms with Crippen LogP contribution in [0.2, 0.25) is 0 Å². The van der Waals surface area contributed by atoms with Gasteiger partial charge >= 0.3 is 0 Å². The lowest BCUT2D eigenvalue weighted by Crippen LogP contribution is -2.24. The third kappa shape index (κ3) is 3.41. The van der Waals surface area contributed by atoms with Crippen molar-refractivity contribution in [3.63, 3.8) is 0 Å². The van der Waals surface area contributed by atoms with Gasteiger partial charge in [-0.15, -0.1) is 0 Å². The predicted octanol–water partition coefficient (Wildman–Crippen LogP) is 0.958. The first-order valence-corrected chi connectivity index (χ1v) is 7.61. The normalized spacial score (nSPS) is 13.3. The second-order valence-corrected chi connectivity index (χ2v) is 6.03. The molecule has 2 aromatic rings. The van der Waals surface area contributed by atoms with Gasteiger partial charge in [-0.1, -0.05) is 24.2 Å². The summed E-state index contributed by atoms with van der Waals surface area (Å²) in [5.41, 5.74) is 6.70. The van der Waals surface area contributed by atoms with E-state index in [1.807, 2.05) is 13.0 Å². The van der Waals surface area contributed by atoms with Gasteiger partial charge in [0.2, 0.25) is 16.4 Å². The third-order valence-corrected chi connectivity index (χ3v) is 4.26. The molecule has 1 aromatic carbocycles. The molecule has 8 heteroatoms. The van der Waals surface area contributed by atoms with Crippen LogP contribution in [-0.2, 0) is 16.6 Å². The molecule has 0 aliphatic rings. The Morgan fingerprint density at radius 2 is 2.25 bits per heavy atom. The van der Waals surface area contributed by atoms with Crippen molar-refractivity contribution in [1.82, 2.24) is 14.9 Å². The number of nitrogens with two attached hydrogens (primary N) is 1. The zero-order chi connectivity index (χ0) is 14.6. The highest BCUT2D eigenvalue weighted by Crippen LogP contribution is 2.18. The van der Waals surface area contributed by atoms with Gasteiger partial charge in [0.1, 0.15) is 0 Å². The zero-order valence-electron chi connectivity index (χ0n) is 11.0. The Morgan fingerprint density at radius 3 is 2.90 bits per heavy atom. The van der Waals surface area contributed by atoms with Gasteiger partial charge in [0.15, 0.2) is 5.82 Å². The molecule has 2 rings (SSSR count). The van der Waals surface area contributed by atoms with Gasteiger partial charge in [-0.3, -0.25) is 0 Å². The predicted molar refractivity (Wildman–Crippen MR) is 72.0 cm³/mol. The maximum atomic E-state index is 12.2. The van der Waals surface area contributed by atoms with Crippen LogP contribution < -0.4 is 10.5 Å². The average Bonchev–Trinajstić information content (AvgIpc) is 2.98. The number of hydrogen-bond acceptors (Lipinski definition) is 6. The van der Waals surface area contributed by atoms with Crippen molar-refractivity contribution < 1.29 is 12.9 Å². The molecule has 1 unspecified atom stereocenters. The minimum absolute atomic E-state index is 0.0249. The second kappa shape index (κ2) is 6.12. The Labute approximate surface area is 117 Å². The largest absolute Gasteiger partial charge is 0.343 e. The van der Waals surface area contributed by atoms with Crippen LogP contribution in [0.25, 0.3) is 0 Å². The van der Waals surface area contributed by atoms with Gasteiger partial charge in [0, 0.05) is 6.04 Å². The molecule has 7 nitrogen and oxygen atoms in total. The molecule has 3 N–H and O–H groups in total. The molecule has 0 aliphatic heterocycles. The Kier molecular flexibility index (Phi) is 4.48. The molecule has 1 aromatic heterocycles. The van der Waals surface area contributed by atoms with Crippen molar-refractivity contribution in [3.8, 4) is 0 Å². The summed E-state index contributed by atoms with van der Waals surface area (Å²) in [7, 11) is -3.63. The van der Waals surface area contributed by atoms with Crippen molar-refractivity contribution >= 4 is 10.0 Å². The molecule has 108 valence electrons. The van der Waals surface area contributed by atoms with Crippen LogP contribution in [-0.4, -0.2) is 18.6 Å². The molecular weight excluding hydrogens is 280 g/mol. The average molecular weight is 296 g/mol. The standard InChI is InChI=1S/C12H16N4O3S/c1-2-11(13)9-4-3-5-10(6-9)20(17,18)15-7-12-14-8-19-16-12/h3-6,8,11,15H,2,7,13H2,1H3. The molecule has 0 fully saturated rings. The van der Waals surface area contributed by atoms with Crippen LogP contribution in [0.5, 0.6) is 0 Å². The van der Waals surface area contributed by atoms with E-state index in [1.165, 1.54) is 6.07 Å². The van der Waals surface area contributed by atoms with Crippen LogP contribution in [0.4, 0.5) is 0 Å². The van der Waals surface area contributed by atoms with Gasteiger partial charge < -0.3 is 10.3 Å². The number of nitrogens with zero attached hydrogens (tertiary/aromatic N) is 2. The van der Waals surface area contributed by atoms with Crippen molar-refractivity contribution in [2.24, 2.45) is 5.73 Å². The van der Waals surface area contributed by atoms with Gasteiger partial charge in [0.05, 0.1) is 11.4 Å². The quantitative estimate of drug-likeness (QED) is 0.821. The second-order valence-electron chi connectivity index (χ2n) is 4.26. The molecule has 0 radical (unpaired) electrons. The van der Waals surface area contributed by atoms with Crippen LogP contribution in [0, 0.1) is 0 Å². The number of rotatable bonds is 6. The topological polar surface area (TPSA) is 111 Å². The summed E-state index contributed by atoms with van der Waals surface area (Å²) in [6, 6.07) is 6.40.